The number of hydrogen-bond donors (Lipinski definition) is 0. The quantitative estimate of drug-likeness (QED) is 0.134. The van der Waals surface area contributed by atoms with Crippen molar-refractivity contribution in [3.63, 3.8) is 0 Å². The van der Waals surface area contributed by atoms with Crippen molar-refractivity contribution in [2.45, 2.75) is 45.4 Å². The summed E-state index contributed by atoms with van der Waals surface area (Å²) in [6, 6.07) is 33.7. The Hall–Kier alpha value is -1.70. The third-order valence-corrected chi connectivity index (χ3v) is 10.3. The second-order valence-corrected chi connectivity index (χ2v) is 11.6. The molecule has 0 bridgehead atoms. The van der Waals surface area contributed by atoms with Crippen molar-refractivity contribution in [1.29, 1.82) is 0 Å². The smallest absolute Gasteiger partial charge is 0.112 e. The van der Waals surface area contributed by atoms with Crippen molar-refractivity contribution in [3.05, 3.63) is 115 Å². The van der Waals surface area contributed by atoms with Crippen molar-refractivity contribution in [3.8, 4) is 0 Å². The SMILES string of the molecule is CCC=CCC=CCCCCC[P+](c1ccccc1)(c1ccccc1)c1ccccc1.[I-]. The Balaban J connectivity index is 0.00000363. The van der Waals surface area contributed by atoms with E-state index in [1.165, 1.54) is 47.8 Å². The Morgan fingerprint density at radius 3 is 1.50 bits per heavy atom. The first-order valence-electron chi connectivity index (χ1n) is 11.7. The number of halogens is 1. The van der Waals surface area contributed by atoms with E-state index in [1.54, 1.807) is 0 Å². The zero-order valence-corrected chi connectivity index (χ0v) is 22.3. The zero-order chi connectivity index (χ0) is 21.6. The van der Waals surface area contributed by atoms with Gasteiger partial charge >= 0.3 is 0 Å². The number of allylic oxidation sites excluding steroid dienone is 4. The van der Waals surface area contributed by atoms with E-state index in [2.05, 4.69) is 122 Å². The van der Waals surface area contributed by atoms with Gasteiger partial charge < -0.3 is 24.0 Å². The molecule has 0 heterocycles. The minimum absolute atomic E-state index is 0. The first kappa shape index (κ1) is 26.6. The largest absolute Gasteiger partial charge is 1.00 e. The zero-order valence-electron chi connectivity index (χ0n) is 19.2. The lowest BCUT2D eigenvalue weighted by Crippen LogP contribution is -3.00. The molecule has 32 heavy (non-hydrogen) atoms. The highest BCUT2D eigenvalue weighted by Gasteiger charge is 2.44. The summed E-state index contributed by atoms with van der Waals surface area (Å²) in [6.45, 7) is 2.18. The van der Waals surface area contributed by atoms with Crippen LogP contribution in [-0.4, -0.2) is 6.16 Å². The second-order valence-electron chi connectivity index (χ2n) is 7.98. The van der Waals surface area contributed by atoms with E-state index in [0.717, 1.165) is 12.8 Å². The first-order chi connectivity index (χ1) is 15.4. The first-order valence-corrected chi connectivity index (χ1v) is 13.7. The summed E-state index contributed by atoms with van der Waals surface area (Å²) in [5.74, 6) is 0. The predicted octanol–water partition coefficient (Wildman–Crippen LogP) is 4.46. The maximum atomic E-state index is 2.36. The van der Waals surface area contributed by atoms with Crippen LogP contribution in [0.4, 0.5) is 0 Å². The van der Waals surface area contributed by atoms with Crippen LogP contribution in [0.5, 0.6) is 0 Å². The van der Waals surface area contributed by atoms with Gasteiger partial charge in [-0.05, 0) is 74.9 Å². The number of unbranched alkanes of at least 4 members (excludes halogenated alkanes) is 3. The summed E-state index contributed by atoms with van der Waals surface area (Å²) in [5.41, 5.74) is 0. The van der Waals surface area contributed by atoms with E-state index in [4.69, 9.17) is 0 Å². The Bertz CT molecular complexity index is 820. The molecule has 0 N–H and O–H groups in total. The molecule has 0 aromatic heterocycles. The fourth-order valence-electron chi connectivity index (χ4n) is 4.23. The van der Waals surface area contributed by atoms with E-state index in [9.17, 15) is 0 Å². The molecule has 3 rings (SSSR count). The number of rotatable bonds is 12. The van der Waals surface area contributed by atoms with Crippen LogP contribution in [0.2, 0.25) is 0 Å². The summed E-state index contributed by atoms with van der Waals surface area (Å²) in [6.07, 6.45) is 17.6. The lowest BCUT2D eigenvalue weighted by atomic mass is 10.2. The monoisotopic (exact) mass is 554 g/mol. The van der Waals surface area contributed by atoms with Gasteiger partial charge in [-0.1, -0.05) is 85.8 Å². The molecule has 0 fully saturated rings. The van der Waals surface area contributed by atoms with Gasteiger partial charge in [-0.2, -0.15) is 0 Å². The standard InChI is InChI=1S/C30H36P.HI/c1-2-3-4-5-6-7-8-9-10-20-27-31(28-21-14-11-15-22-28,29-23-16-12-17-24-29)30-25-18-13-19-26-30;/h3-4,6-7,11-19,21-26H,2,5,8-10,20,27H2,1H3;1H/q+1;/p-1. The van der Waals surface area contributed by atoms with Gasteiger partial charge in [-0.25, -0.2) is 0 Å². The minimum atomic E-state index is -1.65. The van der Waals surface area contributed by atoms with Gasteiger partial charge in [0.05, 0.1) is 6.16 Å². The van der Waals surface area contributed by atoms with Gasteiger partial charge in [-0.3, -0.25) is 0 Å². The van der Waals surface area contributed by atoms with Gasteiger partial charge in [0, 0.05) is 0 Å². The lowest BCUT2D eigenvalue weighted by Gasteiger charge is -2.27. The molecule has 0 amide bonds. The summed E-state index contributed by atoms with van der Waals surface area (Å²) in [5, 5.41) is 4.49. The summed E-state index contributed by atoms with van der Waals surface area (Å²) < 4.78 is 0. The molecule has 0 saturated heterocycles. The average Bonchev–Trinajstić information content (AvgIpc) is 2.84. The van der Waals surface area contributed by atoms with Crippen LogP contribution in [0.15, 0.2) is 115 Å². The molecule has 0 aliphatic rings. The van der Waals surface area contributed by atoms with Gasteiger partial charge in [-0.15, -0.1) is 0 Å². The van der Waals surface area contributed by atoms with E-state index in [1.807, 2.05) is 0 Å². The normalized spacial score (nSPS) is 11.7. The highest BCUT2D eigenvalue weighted by molar-refractivity contribution is 7.95. The molecule has 0 nitrogen and oxygen atoms in total. The average molecular weight is 554 g/mol. The highest BCUT2D eigenvalue weighted by Crippen LogP contribution is 2.55. The molecule has 168 valence electrons. The lowest BCUT2D eigenvalue weighted by molar-refractivity contribution is -0.00000619. The molecule has 3 aromatic rings. The summed E-state index contributed by atoms with van der Waals surface area (Å²) >= 11 is 0. The van der Waals surface area contributed by atoms with Gasteiger partial charge in [0.2, 0.25) is 0 Å². The Morgan fingerprint density at radius 2 is 1.03 bits per heavy atom. The van der Waals surface area contributed by atoms with Gasteiger partial charge in [0.1, 0.15) is 23.2 Å². The summed E-state index contributed by atoms with van der Waals surface area (Å²) in [7, 11) is -1.65. The van der Waals surface area contributed by atoms with Crippen LogP contribution in [0.3, 0.4) is 0 Å². The number of hydrogen-bond acceptors (Lipinski definition) is 0. The molecule has 0 aliphatic carbocycles. The fourth-order valence-corrected chi connectivity index (χ4v) is 8.64. The highest BCUT2D eigenvalue weighted by atomic mass is 127. The van der Waals surface area contributed by atoms with Crippen LogP contribution in [0.1, 0.15) is 45.4 Å². The van der Waals surface area contributed by atoms with Crippen molar-refractivity contribution < 1.29 is 24.0 Å². The molecule has 0 unspecified atom stereocenters. The van der Waals surface area contributed by atoms with Crippen LogP contribution < -0.4 is 39.9 Å². The van der Waals surface area contributed by atoms with Crippen LogP contribution in [0.25, 0.3) is 0 Å². The van der Waals surface area contributed by atoms with Crippen molar-refractivity contribution in [2.75, 3.05) is 6.16 Å². The second kappa shape index (κ2) is 15.2. The molecule has 0 saturated carbocycles. The van der Waals surface area contributed by atoms with Crippen LogP contribution >= 0.6 is 7.26 Å². The Kier molecular flexibility index (Phi) is 12.6. The van der Waals surface area contributed by atoms with E-state index < -0.39 is 7.26 Å². The third kappa shape index (κ3) is 7.42. The van der Waals surface area contributed by atoms with Gasteiger partial charge in [0.25, 0.3) is 0 Å². The molecule has 2 heteroatoms. The van der Waals surface area contributed by atoms with Crippen LogP contribution in [0, 0.1) is 0 Å². The van der Waals surface area contributed by atoms with Gasteiger partial charge in [0.15, 0.2) is 0 Å². The van der Waals surface area contributed by atoms with E-state index >= 15 is 0 Å². The Morgan fingerprint density at radius 1 is 0.562 bits per heavy atom. The predicted molar refractivity (Wildman–Crippen MR) is 142 cm³/mol. The number of benzene rings is 3. The van der Waals surface area contributed by atoms with Crippen LogP contribution in [-0.2, 0) is 0 Å². The molecule has 0 radical (unpaired) electrons. The van der Waals surface area contributed by atoms with E-state index in [0.29, 0.717) is 0 Å². The Labute approximate surface area is 213 Å². The molecular formula is C30H36IP. The topological polar surface area (TPSA) is 0 Å². The molecular weight excluding hydrogens is 518 g/mol. The van der Waals surface area contributed by atoms with Crippen molar-refractivity contribution in [1.82, 2.24) is 0 Å². The third-order valence-electron chi connectivity index (χ3n) is 5.80. The van der Waals surface area contributed by atoms with E-state index in [-0.39, 0.29) is 24.0 Å². The maximum absolute atomic E-state index is 2.36. The molecule has 0 spiro atoms. The molecule has 3 aromatic carbocycles. The minimum Gasteiger partial charge on any atom is -1.00 e. The molecule has 0 atom stereocenters. The van der Waals surface area contributed by atoms with Crippen molar-refractivity contribution >= 4 is 23.2 Å². The summed E-state index contributed by atoms with van der Waals surface area (Å²) in [4.78, 5) is 0. The maximum Gasteiger partial charge on any atom is 0.112 e. The fraction of sp³-hybridized carbons (Fsp3) is 0.267. The van der Waals surface area contributed by atoms with Crippen molar-refractivity contribution in [2.24, 2.45) is 0 Å². The molecule has 0 aliphatic heterocycles.